The van der Waals surface area contributed by atoms with Crippen molar-refractivity contribution in [3.05, 3.63) is 52.8 Å². The van der Waals surface area contributed by atoms with Crippen LogP contribution in [-0.4, -0.2) is 135 Å². The van der Waals surface area contributed by atoms with Crippen molar-refractivity contribution in [2.75, 3.05) is 90.1 Å². The first-order valence-corrected chi connectivity index (χ1v) is 17.0. The van der Waals surface area contributed by atoms with Gasteiger partial charge >= 0.3 is 0 Å². The lowest BCUT2D eigenvalue weighted by molar-refractivity contribution is -0.138. The molecule has 1 atom stereocenters. The fraction of sp³-hybridized carbons (Fsp3) is 0.559. The quantitative estimate of drug-likeness (QED) is 0.416. The minimum atomic E-state index is -0.490. The summed E-state index contributed by atoms with van der Waals surface area (Å²) in [6.45, 7) is 8.54. The van der Waals surface area contributed by atoms with Gasteiger partial charge in [0.2, 0.25) is 12.3 Å². The Bertz CT molecular complexity index is 1390. The van der Waals surface area contributed by atoms with E-state index in [1.54, 1.807) is 40.1 Å². The summed E-state index contributed by atoms with van der Waals surface area (Å²) in [6.07, 6.45) is 4.80. The summed E-state index contributed by atoms with van der Waals surface area (Å²) in [5, 5.41) is 3.70. The number of hydrogen-bond donors (Lipinski definition) is 1. The number of carbonyl (C=O) groups is 3. The largest absolute Gasteiger partial charge is 0.379 e. The molecule has 0 saturated carbocycles. The molecule has 248 valence electrons. The van der Waals surface area contributed by atoms with E-state index in [-0.39, 0.29) is 22.9 Å². The van der Waals surface area contributed by atoms with Gasteiger partial charge in [-0.2, -0.15) is 0 Å². The summed E-state index contributed by atoms with van der Waals surface area (Å²) in [6, 6.07) is 9.94. The highest BCUT2D eigenvalue weighted by atomic mass is 35.5. The van der Waals surface area contributed by atoms with E-state index in [0.29, 0.717) is 80.9 Å². The Hall–Kier alpha value is -3.09. The van der Waals surface area contributed by atoms with E-state index in [9.17, 15) is 18.8 Å². The Morgan fingerprint density at radius 1 is 0.957 bits per heavy atom. The van der Waals surface area contributed by atoms with Gasteiger partial charge in [-0.05, 0) is 81.2 Å². The van der Waals surface area contributed by atoms with E-state index >= 15 is 0 Å². The molecule has 2 aromatic carbocycles. The molecule has 1 N–H and O–H groups in total. The number of benzene rings is 2. The van der Waals surface area contributed by atoms with E-state index in [4.69, 9.17) is 16.3 Å². The third kappa shape index (κ3) is 7.39. The summed E-state index contributed by atoms with van der Waals surface area (Å²) < 4.78 is 20.4. The number of anilines is 1. The number of likely N-dealkylation sites (tertiary alicyclic amines) is 1. The van der Waals surface area contributed by atoms with Crippen LogP contribution < -0.4 is 10.2 Å². The van der Waals surface area contributed by atoms with Gasteiger partial charge < -0.3 is 24.8 Å². The van der Waals surface area contributed by atoms with Crippen LogP contribution in [0.25, 0.3) is 11.1 Å². The molecule has 0 bridgehead atoms. The first-order valence-electron chi connectivity index (χ1n) is 16.6. The number of nitrogens with zero attached hydrogens (tertiary/aromatic N) is 5. The van der Waals surface area contributed by atoms with Crippen LogP contribution in [0, 0.1) is 5.82 Å². The molecular weight excluding hydrogens is 611 g/mol. The lowest BCUT2D eigenvalue weighted by Gasteiger charge is -2.40. The summed E-state index contributed by atoms with van der Waals surface area (Å²) in [5.41, 5.74) is 1.65. The molecule has 2 aromatic rings. The highest BCUT2D eigenvalue weighted by Gasteiger charge is 2.39. The Balaban J connectivity index is 1.19. The van der Waals surface area contributed by atoms with Gasteiger partial charge in [0.1, 0.15) is 5.82 Å². The second-order valence-corrected chi connectivity index (χ2v) is 13.0. The Morgan fingerprint density at radius 2 is 1.70 bits per heavy atom. The summed E-state index contributed by atoms with van der Waals surface area (Å²) in [7, 11) is 0. The number of piperazine rings is 1. The molecular formula is C34H44ClFN6O4. The van der Waals surface area contributed by atoms with Crippen molar-refractivity contribution in [3.8, 4) is 11.1 Å². The molecule has 3 amide bonds. The minimum Gasteiger partial charge on any atom is -0.379 e. The second kappa shape index (κ2) is 15.2. The first-order chi connectivity index (χ1) is 22.4. The molecule has 4 fully saturated rings. The van der Waals surface area contributed by atoms with Crippen molar-refractivity contribution >= 4 is 35.5 Å². The number of morpholine rings is 1. The van der Waals surface area contributed by atoms with E-state index < -0.39 is 5.82 Å². The lowest BCUT2D eigenvalue weighted by Crippen LogP contribution is -2.56. The van der Waals surface area contributed by atoms with Crippen LogP contribution in [0.2, 0.25) is 5.02 Å². The molecule has 0 radical (unpaired) electrons. The van der Waals surface area contributed by atoms with Crippen LogP contribution in [0.15, 0.2) is 36.4 Å². The maximum Gasteiger partial charge on any atom is 0.256 e. The molecule has 4 aliphatic heterocycles. The van der Waals surface area contributed by atoms with Gasteiger partial charge in [0.25, 0.3) is 5.91 Å². The first kappa shape index (κ1) is 32.8. The third-order valence-corrected chi connectivity index (χ3v) is 10.1. The van der Waals surface area contributed by atoms with Crippen LogP contribution in [0.4, 0.5) is 10.1 Å². The monoisotopic (exact) mass is 654 g/mol. The highest BCUT2D eigenvalue weighted by Crippen LogP contribution is 2.32. The van der Waals surface area contributed by atoms with E-state index in [2.05, 4.69) is 15.1 Å². The van der Waals surface area contributed by atoms with Gasteiger partial charge in [-0.1, -0.05) is 17.7 Å². The van der Waals surface area contributed by atoms with Gasteiger partial charge in [0.05, 0.1) is 30.5 Å². The number of piperidine rings is 1. The predicted molar refractivity (Wildman–Crippen MR) is 176 cm³/mol. The van der Waals surface area contributed by atoms with Crippen LogP contribution in [-0.2, 0) is 14.3 Å². The predicted octanol–water partition coefficient (Wildman–Crippen LogP) is 2.94. The zero-order valence-corrected chi connectivity index (χ0v) is 27.1. The van der Waals surface area contributed by atoms with Gasteiger partial charge in [-0.15, -0.1) is 0 Å². The van der Waals surface area contributed by atoms with Gasteiger partial charge in [0, 0.05) is 69.0 Å². The van der Waals surface area contributed by atoms with E-state index in [0.717, 1.165) is 64.8 Å². The molecule has 0 aliphatic carbocycles. The standard InChI is InChI=1S/C34H44ClFN6O4/c35-26-4-5-28(30(36)23-26)25-3-6-31(41(24-43)13-12-38-18-20-46-21-19-38)29(22-25)33(44)39-14-16-40(17-15-39)34(45)32-2-1-11-42(32)27-7-9-37-10-8-27/h3-6,22-24,27,32,37H,1-2,7-21H2. The number of halogens is 2. The fourth-order valence-corrected chi connectivity index (χ4v) is 7.45. The van der Waals surface area contributed by atoms with Crippen LogP contribution in [0.5, 0.6) is 0 Å². The SMILES string of the molecule is O=CN(CCN1CCOCC1)c1ccc(-c2ccc(Cl)cc2F)cc1C(=O)N1CCN(C(=O)C2CCCN2C2CCNCC2)CC1. The topological polar surface area (TPSA) is 88.7 Å². The number of amides is 3. The molecule has 6 rings (SSSR count). The fourth-order valence-electron chi connectivity index (χ4n) is 7.29. The molecule has 46 heavy (non-hydrogen) atoms. The molecule has 0 spiro atoms. The Labute approximate surface area is 275 Å². The van der Waals surface area contributed by atoms with Crippen LogP contribution in [0.3, 0.4) is 0 Å². The van der Waals surface area contributed by atoms with Crippen molar-refractivity contribution < 1.29 is 23.5 Å². The smallest absolute Gasteiger partial charge is 0.256 e. The molecule has 10 nitrogen and oxygen atoms in total. The van der Waals surface area contributed by atoms with Crippen molar-refractivity contribution in [3.63, 3.8) is 0 Å². The minimum absolute atomic E-state index is 0.0875. The maximum absolute atomic E-state index is 15.0. The average molecular weight is 655 g/mol. The average Bonchev–Trinajstić information content (AvgIpc) is 3.59. The number of rotatable bonds is 9. The van der Waals surface area contributed by atoms with Gasteiger partial charge in [0.15, 0.2) is 0 Å². The van der Waals surface area contributed by atoms with Gasteiger partial charge in [-0.3, -0.25) is 24.2 Å². The maximum atomic E-state index is 15.0. The lowest BCUT2D eigenvalue weighted by atomic mass is 9.99. The van der Waals surface area contributed by atoms with E-state index in [1.807, 2.05) is 4.90 Å². The summed E-state index contributed by atoms with van der Waals surface area (Å²) in [5.74, 6) is -0.566. The summed E-state index contributed by atoms with van der Waals surface area (Å²) >= 11 is 6.00. The third-order valence-electron chi connectivity index (χ3n) is 9.90. The second-order valence-electron chi connectivity index (χ2n) is 12.6. The zero-order chi connectivity index (χ0) is 32.0. The molecule has 0 aromatic heterocycles. The normalized spacial score (nSPS) is 21.8. The highest BCUT2D eigenvalue weighted by molar-refractivity contribution is 6.30. The molecule has 4 heterocycles. The van der Waals surface area contributed by atoms with Crippen molar-refractivity contribution in [2.45, 2.75) is 37.8 Å². The van der Waals surface area contributed by atoms with Crippen molar-refractivity contribution in [1.82, 2.24) is 24.9 Å². The molecule has 1 unspecified atom stereocenters. The van der Waals surface area contributed by atoms with Crippen LogP contribution >= 0.6 is 11.6 Å². The van der Waals surface area contributed by atoms with Crippen molar-refractivity contribution in [2.24, 2.45) is 0 Å². The number of hydrogen-bond acceptors (Lipinski definition) is 7. The molecule has 12 heteroatoms. The summed E-state index contributed by atoms with van der Waals surface area (Å²) in [4.78, 5) is 50.1. The van der Waals surface area contributed by atoms with Gasteiger partial charge in [-0.25, -0.2) is 4.39 Å². The Morgan fingerprint density at radius 3 is 2.41 bits per heavy atom. The number of nitrogens with one attached hydrogen (secondary N) is 1. The zero-order valence-electron chi connectivity index (χ0n) is 26.3. The Kier molecular flexibility index (Phi) is 10.9. The number of ether oxygens (including phenoxy) is 1. The molecule has 4 saturated heterocycles. The van der Waals surface area contributed by atoms with Crippen LogP contribution in [0.1, 0.15) is 36.0 Å². The number of carbonyl (C=O) groups excluding carboxylic acids is 3. The van der Waals surface area contributed by atoms with Crippen molar-refractivity contribution in [1.29, 1.82) is 0 Å². The van der Waals surface area contributed by atoms with E-state index in [1.165, 1.54) is 6.07 Å². The molecule has 4 aliphatic rings.